The molecule has 1 atom stereocenters. The molecule has 6 heteroatoms. The van der Waals surface area contributed by atoms with Gasteiger partial charge in [-0.25, -0.2) is 8.42 Å². The van der Waals surface area contributed by atoms with Crippen LogP contribution in [0.2, 0.25) is 5.02 Å². The molecule has 100 valence electrons. The molecule has 1 aliphatic carbocycles. The first kappa shape index (κ1) is 13.6. The highest BCUT2D eigenvalue weighted by molar-refractivity contribution is 7.89. The van der Waals surface area contributed by atoms with Crippen molar-refractivity contribution in [3.63, 3.8) is 0 Å². The highest BCUT2D eigenvalue weighted by atomic mass is 35.5. The van der Waals surface area contributed by atoms with Gasteiger partial charge < -0.3 is 5.73 Å². The number of hydrogen-bond donors (Lipinski definition) is 1. The lowest BCUT2D eigenvalue weighted by atomic mass is 10.2. The van der Waals surface area contributed by atoms with Crippen molar-refractivity contribution in [3.05, 3.63) is 23.2 Å². The van der Waals surface area contributed by atoms with Crippen molar-refractivity contribution in [2.75, 3.05) is 12.8 Å². The molecule has 0 aromatic heterocycles. The minimum Gasteiger partial charge on any atom is -0.398 e. The van der Waals surface area contributed by atoms with Crippen molar-refractivity contribution in [2.24, 2.45) is 5.92 Å². The molecule has 0 radical (unpaired) electrons. The molecule has 4 nitrogen and oxygen atoms in total. The van der Waals surface area contributed by atoms with Gasteiger partial charge >= 0.3 is 0 Å². The summed E-state index contributed by atoms with van der Waals surface area (Å²) in [5.41, 5.74) is 5.97. The van der Waals surface area contributed by atoms with Crippen LogP contribution < -0.4 is 5.73 Å². The minimum absolute atomic E-state index is 0.0197. The molecule has 1 unspecified atom stereocenters. The molecule has 1 aromatic carbocycles. The van der Waals surface area contributed by atoms with E-state index in [-0.39, 0.29) is 16.0 Å². The first-order valence-corrected chi connectivity index (χ1v) is 7.69. The predicted molar refractivity (Wildman–Crippen MR) is 73.0 cm³/mol. The van der Waals surface area contributed by atoms with Crippen molar-refractivity contribution < 1.29 is 8.42 Å². The highest BCUT2D eigenvalue weighted by Gasteiger charge is 2.36. The van der Waals surface area contributed by atoms with Crippen LogP contribution in [0, 0.1) is 5.92 Å². The lowest BCUT2D eigenvalue weighted by Gasteiger charge is -2.24. The van der Waals surface area contributed by atoms with Crippen LogP contribution in [0.5, 0.6) is 0 Å². The van der Waals surface area contributed by atoms with Crippen molar-refractivity contribution in [1.82, 2.24) is 4.31 Å². The molecule has 0 spiro atoms. The van der Waals surface area contributed by atoms with Crippen LogP contribution in [0.1, 0.15) is 19.8 Å². The Hall–Kier alpha value is -0.780. The zero-order valence-corrected chi connectivity index (χ0v) is 12.0. The van der Waals surface area contributed by atoms with E-state index in [1.165, 1.54) is 22.5 Å². The average Bonchev–Trinajstić information content (AvgIpc) is 3.14. The first-order valence-electron chi connectivity index (χ1n) is 5.87. The number of hydrogen-bond acceptors (Lipinski definition) is 3. The fourth-order valence-corrected chi connectivity index (χ4v) is 3.62. The number of rotatable bonds is 4. The number of anilines is 1. The molecule has 0 bridgehead atoms. The van der Waals surface area contributed by atoms with Crippen molar-refractivity contribution in [1.29, 1.82) is 0 Å². The van der Waals surface area contributed by atoms with Gasteiger partial charge in [0.2, 0.25) is 10.0 Å². The Bertz CT molecular complexity index is 555. The maximum Gasteiger partial charge on any atom is 0.243 e. The third-order valence-corrected chi connectivity index (χ3v) is 5.79. The largest absolute Gasteiger partial charge is 0.398 e. The summed E-state index contributed by atoms with van der Waals surface area (Å²) in [6.07, 6.45) is 2.20. The van der Waals surface area contributed by atoms with Gasteiger partial charge in [0.25, 0.3) is 0 Å². The van der Waals surface area contributed by atoms with Crippen LogP contribution in [0.3, 0.4) is 0 Å². The summed E-state index contributed by atoms with van der Waals surface area (Å²) in [6, 6.07) is 4.44. The Morgan fingerprint density at radius 3 is 2.56 bits per heavy atom. The summed E-state index contributed by atoms with van der Waals surface area (Å²) in [4.78, 5) is 0.191. The van der Waals surface area contributed by atoms with E-state index in [4.69, 9.17) is 17.3 Å². The van der Waals surface area contributed by atoms with Crippen LogP contribution in [-0.4, -0.2) is 25.8 Å². The third-order valence-electron chi connectivity index (χ3n) is 3.53. The third kappa shape index (κ3) is 2.48. The molecule has 1 aliphatic rings. The van der Waals surface area contributed by atoms with E-state index in [0.717, 1.165) is 12.8 Å². The normalized spacial score (nSPS) is 18.0. The molecular formula is C12H17ClN2O2S. The van der Waals surface area contributed by atoms with Crippen LogP contribution in [0.25, 0.3) is 0 Å². The van der Waals surface area contributed by atoms with Gasteiger partial charge in [0, 0.05) is 13.1 Å². The molecule has 0 saturated heterocycles. The number of benzene rings is 1. The smallest absolute Gasteiger partial charge is 0.243 e. The summed E-state index contributed by atoms with van der Waals surface area (Å²) >= 11 is 5.87. The fraction of sp³-hybridized carbons (Fsp3) is 0.500. The lowest BCUT2D eigenvalue weighted by molar-refractivity contribution is 0.357. The van der Waals surface area contributed by atoms with E-state index in [2.05, 4.69) is 0 Å². The number of nitrogen functional groups attached to an aromatic ring is 1. The summed E-state index contributed by atoms with van der Waals surface area (Å²) in [5.74, 6) is 0.481. The number of sulfonamides is 1. The molecule has 0 amide bonds. The van der Waals surface area contributed by atoms with Gasteiger partial charge in [-0.3, -0.25) is 0 Å². The Balaban J connectivity index is 2.31. The van der Waals surface area contributed by atoms with Crippen molar-refractivity contribution in [3.8, 4) is 0 Å². The molecule has 18 heavy (non-hydrogen) atoms. The van der Waals surface area contributed by atoms with E-state index in [9.17, 15) is 8.42 Å². The van der Waals surface area contributed by atoms with Gasteiger partial charge in [-0.1, -0.05) is 11.6 Å². The van der Waals surface area contributed by atoms with Crippen molar-refractivity contribution in [2.45, 2.75) is 30.7 Å². The zero-order chi connectivity index (χ0) is 13.5. The van der Waals surface area contributed by atoms with E-state index >= 15 is 0 Å². The fourth-order valence-electron chi connectivity index (χ4n) is 1.93. The van der Waals surface area contributed by atoms with Gasteiger partial charge in [-0.2, -0.15) is 4.31 Å². The maximum absolute atomic E-state index is 12.4. The predicted octanol–water partition coefficient (Wildman–Crippen LogP) is 2.34. The Morgan fingerprint density at radius 1 is 1.44 bits per heavy atom. The van der Waals surface area contributed by atoms with E-state index in [0.29, 0.717) is 11.6 Å². The second-order valence-electron chi connectivity index (χ2n) is 4.78. The molecule has 1 aromatic rings. The Kier molecular flexibility index (Phi) is 3.58. The Labute approximate surface area is 113 Å². The Morgan fingerprint density at radius 2 is 2.06 bits per heavy atom. The molecule has 0 aliphatic heterocycles. The summed E-state index contributed by atoms with van der Waals surface area (Å²) < 4.78 is 26.2. The van der Waals surface area contributed by atoms with Crippen molar-refractivity contribution >= 4 is 27.3 Å². The quantitative estimate of drug-likeness (QED) is 0.865. The van der Waals surface area contributed by atoms with Crippen LogP contribution in [0.4, 0.5) is 5.69 Å². The van der Waals surface area contributed by atoms with E-state index in [1.54, 1.807) is 7.05 Å². The molecule has 2 rings (SSSR count). The minimum atomic E-state index is -3.49. The number of nitrogens with zero attached hydrogens (tertiary/aromatic N) is 1. The lowest BCUT2D eigenvalue weighted by Crippen LogP contribution is -2.36. The van der Waals surface area contributed by atoms with E-state index in [1.807, 2.05) is 6.92 Å². The van der Waals surface area contributed by atoms with E-state index < -0.39 is 10.0 Å². The molecule has 2 N–H and O–H groups in total. The number of nitrogens with two attached hydrogens (primary N) is 1. The van der Waals surface area contributed by atoms with Gasteiger partial charge in [-0.15, -0.1) is 0 Å². The standard InChI is InChI=1S/C12H17ClN2O2S/c1-8(9-3-4-9)15(2)18(16,17)10-5-6-12(14)11(13)7-10/h5-9H,3-4,14H2,1-2H3. The molecule has 1 fully saturated rings. The molecule has 1 saturated carbocycles. The zero-order valence-electron chi connectivity index (χ0n) is 10.4. The molecule has 0 heterocycles. The van der Waals surface area contributed by atoms with Crippen LogP contribution >= 0.6 is 11.6 Å². The number of halogens is 1. The average molecular weight is 289 g/mol. The maximum atomic E-state index is 12.4. The van der Waals surface area contributed by atoms with Gasteiger partial charge in [0.05, 0.1) is 15.6 Å². The first-order chi connectivity index (χ1) is 8.34. The summed E-state index contributed by atoms with van der Waals surface area (Å²) in [7, 11) is -1.88. The van der Waals surface area contributed by atoms with Crippen LogP contribution in [0.15, 0.2) is 23.1 Å². The van der Waals surface area contributed by atoms with Gasteiger partial charge in [0.15, 0.2) is 0 Å². The van der Waals surface area contributed by atoms with Gasteiger partial charge in [-0.05, 0) is 43.9 Å². The topological polar surface area (TPSA) is 63.4 Å². The molecular weight excluding hydrogens is 272 g/mol. The van der Waals surface area contributed by atoms with Crippen LogP contribution in [-0.2, 0) is 10.0 Å². The highest BCUT2D eigenvalue weighted by Crippen LogP contribution is 2.36. The SMILES string of the molecule is CC(C1CC1)N(C)S(=O)(=O)c1ccc(N)c(Cl)c1. The van der Waals surface area contributed by atoms with Gasteiger partial charge in [0.1, 0.15) is 0 Å². The monoisotopic (exact) mass is 288 g/mol. The summed E-state index contributed by atoms with van der Waals surface area (Å²) in [5, 5.41) is 0.267. The summed E-state index contributed by atoms with van der Waals surface area (Å²) in [6.45, 7) is 1.94. The second-order valence-corrected chi connectivity index (χ2v) is 7.19. The second kappa shape index (κ2) is 4.72.